The molecule has 35 heavy (non-hydrogen) atoms. The Hall–Kier alpha value is -2.68. The summed E-state index contributed by atoms with van der Waals surface area (Å²) in [6.45, 7) is -0.755. The zero-order chi connectivity index (χ0) is 25.6. The van der Waals surface area contributed by atoms with Gasteiger partial charge in [-0.1, -0.05) is 58.0 Å². The Morgan fingerprint density at radius 3 is 1.66 bits per heavy atom. The van der Waals surface area contributed by atoms with Gasteiger partial charge in [0.2, 0.25) is 0 Å². The number of hydrogen-bond donors (Lipinski definition) is 0. The summed E-state index contributed by atoms with van der Waals surface area (Å²) in [6.07, 6.45) is 0. The third kappa shape index (κ3) is 4.50. The number of rotatable bonds is 5. The number of ketones is 1. The molecule has 0 radical (unpaired) electrons. The van der Waals surface area contributed by atoms with Crippen LogP contribution in [-0.2, 0) is 0 Å². The second kappa shape index (κ2) is 9.76. The first kappa shape index (κ1) is 25.4. The lowest BCUT2D eigenvalue weighted by Crippen LogP contribution is -2.51. The number of carbonyl (C=O) groups is 4. The fraction of sp³-hybridized carbons (Fsp3) is 0.0435. The molecule has 0 saturated heterocycles. The van der Waals surface area contributed by atoms with Crippen molar-refractivity contribution in [3.05, 3.63) is 102 Å². The maximum absolute atomic E-state index is 13.4. The van der Waals surface area contributed by atoms with Crippen molar-refractivity contribution in [1.29, 1.82) is 0 Å². The van der Waals surface area contributed by atoms with E-state index in [1.54, 1.807) is 0 Å². The van der Waals surface area contributed by atoms with Gasteiger partial charge in [-0.3, -0.25) is 19.2 Å². The van der Waals surface area contributed by atoms with E-state index in [1.165, 1.54) is 36.4 Å². The van der Waals surface area contributed by atoms with Crippen molar-refractivity contribution in [3.8, 4) is 0 Å². The molecule has 0 saturated carbocycles. The van der Waals surface area contributed by atoms with Gasteiger partial charge in [-0.15, -0.1) is 0 Å². The van der Waals surface area contributed by atoms with Crippen LogP contribution < -0.4 is 0 Å². The number of benzene rings is 3. The smallest absolute Gasteiger partial charge is 0.282 e. The highest BCUT2D eigenvalue weighted by Gasteiger charge is 2.46. The number of amides is 3. The molecule has 0 N–H and O–H groups in total. The van der Waals surface area contributed by atoms with Crippen molar-refractivity contribution in [1.82, 2.24) is 10.0 Å². The van der Waals surface area contributed by atoms with Gasteiger partial charge >= 0.3 is 0 Å². The molecule has 0 atom stereocenters. The SMILES string of the molecule is O=C(CN(C(=O)c1ccc(Cl)cc1)N1C(=O)c2c(Cl)c(Cl)c(Cl)c(Cl)c2C1=O)c1ccc(F)cc1. The van der Waals surface area contributed by atoms with Crippen LogP contribution in [-0.4, -0.2) is 40.1 Å². The molecule has 0 bridgehead atoms. The quantitative estimate of drug-likeness (QED) is 0.148. The monoisotopic (exact) mass is 572 g/mol. The summed E-state index contributed by atoms with van der Waals surface area (Å²) >= 11 is 30.3. The first-order chi connectivity index (χ1) is 16.5. The summed E-state index contributed by atoms with van der Waals surface area (Å²) in [6, 6.07) is 10.1. The molecule has 3 aromatic carbocycles. The topological polar surface area (TPSA) is 74.8 Å². The molecule has 4 rings (SSSR count). The Kier molecular flexibility index (Phi) is 7.09. The molecule has 6 nitrogen and oxygen atoms in total. The van der Waals surface area contributed by atoms with Gasteiger partial charge in [-0.25, -0.2) is 9.40 Å². The van der Waals surface area contributed by atoms with Crippen molar-refractivity contribution in [3.63, 3.8) is 0 Å². The van der Waals surface area contributed by atoms with E-state index in [0.717, 1.165) is 12.1 Å². The van der Waals surface area contributed by atoms with Crippen molar-refractivity contribution < 1.29 is 23.6 Å². The second-order valence-electron chi connectivity index (χ2n) is 7.23. The molecular formula is C23H10Cl5FN2O4. The van der Waals surface area contributed by atoms with Gasteiger partial charge in [0.25, 0.3) is 17.7 Å². The molecule has 0 aromatic heterocycles. The Labute approximate surface area is 222 Å². The predicted molar refractivity (Wildman–Crippen MR) is 130 cm³/mol. The molecule has 0 fully saturated rings. The normalized spacial score (nSPS) is 12.7. The highest BCUT2D eigenvalue weighted by molar-refractivity contribution is 6.55. The third-order valence-electron chi connectivity index (χ3n) is 5.11. The molecule has 178 valence electrons. The zero-order valence-electron chi connectivity index (χ0n) is 17.1. The van der Waals surface area contributed by atoms with Crippen LogP contribution in [0.3, 0.4) is 0 Å². The zero-order valence-corrected chi connectivity index (χ0v) is 20.9. The number of Topliss-reactive ketones (excluding diaryl/α,β-unsaturated/α-hetero) is 1. The molecule has 0 spiro atoms. The van der Waals surface area contributed by atoms with Gasteiger partial charge in [-0.2, -0.15) is 5.01 Å². The predicted octanol–water partition coefficient (Wildman–Crippen LogP) is 6.63. The number of halogens is 6. The summed E-state index contributed by atoms with van der Waals surface area (Å²) < 4.78 is 13.3. The van der Waals surface area contributed by atoms with Crippen LogP contribution in [0.15, 0.2) is 48.5 Å². The van der Waals surface area contributed by atoms with E-state index in [2.05, 4.69) is 0 Å². The van der Waals surface area contributed by atoms with Crippen LogP contribution in [0.4, 0.5) is 4.39 Å². The lowest BCUT2D eigenvalue weighted by molar-refractivity contribution is 0.00532. The van der Waals surface area contributed by atoms with Gasteiger partial charge in [0.1, 0.15) is 12.4 Å². The number of nitrogens with zero attached hydrogens (tertiary/aromatic N) is 2. The lowest BCUT2D eigenvalue weighted by Gasteiger charge is -2.29. The summed E-state index contributed by atoms with van der Waals surface area (Å²) in [5.41, 5.74) is -0.663. The summed E-state index contributed by atoms with van der Waals surface area (Å²) in [7, 11) is 0. The van der Waals surface area contributed by atoms with Crippen LogP contribution in [0.5, 0.6) is 0 Å². The minimum atomic E-state index is -1.04. The van der Waals surface area contributed by atoms with E-state index in [9.17, 15) is 23.6 Å². The molecule has 0 unspecified atom stereocenters. The first-order valence-electron chi connectivity index (χ1n) is 9.63. The number of carbonyl (C=O) groups excluding carboxylic acids is 4. The Balaban J connectivity index is 1.81. The number of hydrogen-bond acceptors (Lipinski definition) is 4. The maximum atomic E-state index is 13.4. The van der Waals surface area contributed by atoms with E-state index in [4.69, 9.17) is 58.0 Å². The van der Waals surface area contributed by atoms with E-state index in [0.29, 0.717) is 15.0 Å². The van der Waals surface area contributed by atoms with Crippen molar-refractivity contribution in [2.75, 3.05) is 6.54 Å². The van der Waals surface area contributed by atoms with Gasteiger partial charge in [-0.05, 0) is 48.5 Å². The fourth-order valence-electron chi connectivity index (χ4n) is 3.39. The van der Waals surface area contributed by atoms with E-state index in [1.807, 2.05) is 0 Å². The van der Waals surface area contributed by atoms with E-state index < -0.39 is 35.9 Å². The van der Waals surface area contributed by atoms with Crippen LogP contribution >= 0.6 is 58.0 Å². The third-order valence-corrected chi connectivity index (χ3v) is 7.16. The minimum absolute atomic E-state index is 0.0196. The van der Waals surface area contributed by atoms with Gasteiger partial charge < -0.3 is 0 Å². The standard InChI is InChI=1S/C23H10Cl5FN2O4/c24-12-5-1-11(2-6-12)21(33)30(9-14(32)10-3-7-13(29)8-4-10)31-22(34)15-16(23(31)35)18(26)20(28)19(27)17(15)25/h1-8H,9H2. The average molecular weight is 575 g/mol. The van der Waals surface area contributed by atoms with Crippen LogP contribution in [0.1, 0.15) is 41.4 Å². The second-order valence-corrected chi connectivity index (χ2v) is 9.18. The summed E-state index contributed by atoms with van der Waals surface area (Å²) in [5.74, 6) is -4.21. The Bertz CT molecular complexity index is 1360. The molecule has 1 aliphatic rings. The molecule has 1 aliphatic heterocycles. The van der Waals surface area contributed by atoms with Crippen LogP contribution in [0, 0.1) is 5.82 Å². The Morgan fingerprint density at radius 2 is 1.17 bits per heavy atom. The van der Waals surface area contributed by atoms with Crippen molar-refractivity contribution >= 4 is 81.5 Å². The molecule has 3 aromatic rings. The maximum Gasteiger partial charge on any atom is 0.282 e. The highest BCUT2D eigenvalue weighted by Crippen LogP contribution is 2.45. The van der Waals surface area contributed by atoms with E-state index >= 15 is 0 Å². The number of imide groups is 1. The van der Waals surface area contributed by atoms with Crippen molar-refractivity contribution in [2.24, 2.45) is 0 Å². The fourth-order valence-corrected chi connectivity index (χ4v) is 4.53. The first-order valence-corrected chi connectivity index (χ1v) is 11.5. The van der Waals surface area contributed by atoms with Gasteiger partial charge in [0, 0.05) is 16.1 Å². The molecular weight excluding hydrogens is 565 g/mol. The van der Waals surface area contributed by atoms with Crippen molar-refractivity contribution in [2.45, 2.75) is 0 Å². The highest BCUT2D eigenvalue weighted by atomic mass is 35.5. The largest absolute Gasteiger partial charge is 0.292 e. The number of hydrazine groups is 1. The lowest BCUT2D eigenvalue weighted by atomic mass is 10.1. The van der Waals surface area contributed by atoms with Crippen LogP contribution in [0.2, 0.25) is 25.1 Å². The molecule has 1 heterocycles. The van der Waals surface area contributed by atoms with Gasteiger partial charge in [0.05, 0.1) is 31.2 Å². The molecule has 3 amide bonds. The minimum Gasteiger partial charge on any atom is -0.292 e. The molecule has 0 aliphatic carbocycles. The summed E-state index contributed by atoms with van der Waals surface area (Å²) in [5, 5.41) is 0.262. The van der Waals surface area contributed by atoms with Gasteiger partial charge in [0.15, 0.2) is 5.78 Å². The number of fused-ring (bicyclic) bond motifs is 1. The summed E-state index contributed by atoms with van der Waals surface area (Å²) in [4.78, 5) is 53.0. The molecule has 12 heteroatoms. The van der Waals surface area contributed by atoms with E-state index in [-0.39, 0.29) is 42.3 Å². The Morgan fingerprint density at radius 1 is 0.714 bits per heavy atom. The van der Waals surface area contributed by atoms with Crippen LogP contribution in [0.25, 0.3) is 0 Å². The average Bonchev–Trinajstić information content (AvgIpc) is 3.10.